The molecule has 6 heteroatoms. The Kier molecular flexibility index (Phi) is 6.77. The fourth-order valence-electron chi connectivity index (χ4n) is 4.65. The number of amides is 1. The van der Waals surface area contributed by atoms with Gasteiger partial charge in [-0.3, -0.25) is 14.2 Å². The van der Waals surface area contributed by atoms with Crippen LogP contribution in [0.25, 0.3) is 28.2 Å². The van der Waals surface area contributed by atoms with Crippen LogP contribution in [0.15, 0.2) is 89.7 Å². The van der Waals surface area contributed by atoms with E-state index in [-0.39, 0.29) is 28.9 Å². The minimum Gasteiger partial charge on any atom is -0.348 e. The van der Waals surface area contributed by atoms with Crippen LogP contribution in [-0.2, 0) is 0 Å². The topological polar surface area (TPSA) is 64.0 Å². The van der Waals surface area contributed by atoms with E-state index in [0.717, 1.165) is 31.2 Å². The summed E-state index contributed by atoms with van der Waals surface area (Å²) in [6.45, 7) is 0. The van der Waals surface area contributed by atoms with Crippen LogP contribution in [0, 0.1) is 0 Å². The van der Waals surface area contributed by atoms with Gasteiger partial charge in [0.1, 0.15) is 17.1 Å². The van der Waals surface area contributed by atoms with Crippen LogP contribution in [0.2, 0.25) is 5.02 Å². The molecular formula is C29H26ClN3O2. The second kappa shape index (κ2) is 10.3. The highest BCUT2D eigenvalue weighted by Gasteiger charge is 2.27. The Morgan fingerprint density at radius 2 is 1.37 bits per heavy atom. The molecule has 1 aliphatic rings. The molecule has 0 saturated heterocycles. The summed E-state index contributed by atoms with van der Waals surface area (Å²) < 4.78 is 1.48. The van der Waals surface area contributed by atoms with Crippen LogP contribution in [0.4, 0.5) is 0 Å². The molecule has 0 bridgehead atoms. The minimum atomic E-state index is -0.355. The third-order valence-electron chi connectivity index (χ3n) is 6.41. The summed E-state index contributed by atoms with van der Waals surface area (Å²) in [4.78, 5) is 32.6. The number of carbonyl (C=O) groups is 1. The summed E-state index contributed by atoms with van der Waals surface area (Å²) in [6.07, 6.45) is 5.24. The monoisotopic (exact) mass is 483 g/mol. The smallest absolute Gasteiger partial charge is 0.282 e. The Morgan fingerprint density at radius 3 is 1.97 bits per heavy atom. The Hall–Kier alpha value is -3.70. The van der Waals surface area contributed by atoms with Crippen LogP contribution < -0.4 is 10.9 Å². The van der Waals surface area contributed by atoms with Crippen molar-refractivity contribution in [1.82, 2.24) is 14.9 Å². The minimum absolute atomic E-state index is 0.0856. The van der Waals surface area contributed by atoms with Crippen molar-refractivity contribution < 1.29 is 4.79 Å². The highest BCUT2D eigenvalue weighted by molar-refractivity contribution is 6.30. The van der Waals surface area contributed by atoms with Gasteiger partial charge in [0.25, 0.3) is 11.5 Å². The number of aromatic nitrogens is 2. The van der Waals surface area contributed by atoms with Gasteiger partial charge in [0.15, 0.2) is 0 Å². The number of rotatable bonds is 5. The van der Waals surface area contributed by atoms with Crippen molar-refractivity contribution in [3.05, 3.63) is 106 Å². The van der Waals surface area contributed by atoms with E-state index < -0.39 is 0 Å². The first-order valence-electron chi connectivity index (χ1n) is 12.0. The molecule has 176 valence electrons. The standard InChI is InChI=1S/C29H26ClN3O2/c30-22-16-18-24(19-17-22)33-27(28(34)31-23-14-8-3-9-15-23)25(20-10-4-1-5-11-20)32-26(29(33)35)21-12-6-2-7-13-21/h1-2,4-7,10-13,16-19,23H,3,8-9,14-15H2,(H,31,34). The zero-order valence-electron chi connectivity index (χ0n) is 19.3. The van der Waals surface area contributed by atoms with E-state index >= 15 is 0 Å². The number of hydrogen-bond donors (Lipinski definition) is 1. The molecule has 1 fully saturated rings. The molecule has 0 radical (unpaired) electrons. The molecule has 0 aliphatic heterocycles. The van der Waals surface area contributed by atoms with Gasteiger partial charge in [-0.2, -0.15) is 0 Å². The summed E-state index contributed by atoms with van der Waals surface area (Å²) in [5.74, 6) is -0.296. The van der Waals surface area contributed by atoms with Gasteiger partial charge in [-0.1, -0.05) is 91.5 Å². The van der Waals surface area contributed by atoms with Gasteiger partial charge >= 0.3 is 0 Å². The van der Waals surface area contributed by atoms with Crippen molar-refractivity contribution in [3.63, 3.8) is 0 Å². The van der Waals surface area contributed by atoms with Crippen molar-refractivity contribution in [2.45, 2.75) is 38.1 Å². The van der Waals surface area contributed by atoms with E-state index in [9.17, 15) is 9.59 Å². The summed E-state index contributed by atoms with van der Waals surface area (Å²) in [6, 6.07) is 25.9. The van der Waals surface area contributed by atoms with Crippen LogP contribution >= 0.6 is 11.6 Å². The molecule has 5 nitrogen and oxygen atoms in total. The van der Waals surface area contributed by atoms with Gasteiger partial charge in [-0.25, -0.2) is 4.98 Å². The predicted molar refractivity (Wildman–Crippen MR) is 140 cm³/mol. The molecule has 4 aromatic rings. The van der Waals surface area contributed by atoms with Gasteiger partial charge < -0.3 is 5.32 Å². The van der Waals surface area contributed by atoms with E-state index in [1.807, 2.05) is 60.7 Å². The van der Waals surface area contributed by atoms with Gasteiger partial charge in [-0.15, -0.1) is 0 Å². The molecular weight excluding hydrogens is 458 g/mol. The van der Waals surface area contributed by atoms with Gasteiger partial charge in [0.2, 0.25) is 0 Å². The van der Waals surface area contributed by atoms with Crippen molar-refractivity contribution in [2.75, 3.05) is 0 Å². The zero-order chi connectivity index (χ0) is 24.2. The Labute approximate surface area is 209 Å². The number of nitrogens with one attached hydrogen (secondary N) is 1. The molecule has 0 unspecified atom stereocenters. The van der Waals surface area contributed by atoms with Gasteiger partial charge in [-0.05, 0) is 37.1 Å². The lowest BCUT2D eigenvalue weighted by atomic mass is 9.95. The lowest BCUT2D eigenvalue weighted by molar-refractivity contribution is 0.0920. The second-order valence-electron chi connectivity index (χ2n) is 8.82. The second-order valence-corrected chi connectivity index (χ2v) is 9.25. The largest absolute Gasteiger partial charge is 0.348 e. The van der Waals surface area contributed by atoms with Crippen LogP contribution in [0.5, 0.6) is 0 Å². The summed E-state index contributed by atoms with van der Waals surface area (Å²) >= 11 is 6.15. The summed E-state index contributed by atoms with van der Waals surface area (Å²) in [7, 11) is 0. The molecule has 5 rings (SSSR count). The average molecular weight is 484 g/mol. The van der Waals surface area contributed by atoms with E-state index in [1.54, 1.807) is 24.3 Å². The van der Waals surface area contributed by atoms with E-state index in [4.69, 9.17) is 16.6 Å². The molecule has 1 aromatic heterocycles. The Morgan fingerprint density at radius 1 is 0.800 bits per heavy atom. The number of carbonyl (C=O) groups excluding carboxylic acids is 1. The highest BCUT2D eigenvalue weighted by Crippen LogP contribution is 2.27. The molecule has 0 spiro atoms. The average Bonchev–Trinajstić information content (AvgIpc) is 2.90. The molecule has 1 N–H and O–H groups in total. The summed E-state index contributed by atoms with van der Waals surface area (Å²) in [5.41, 5.74) is 2.64. The van der Waals surface area contributed by atoms with E-state index in [2.05, 4.69) is 5.32 Å². The molecule has 1 amide bonds. The first kappa shape index (κ1) is 23.1. The molecule has 1 aliphatic carbocycles. The Bertz CT molecular complexity index is 1380. The first-order valence-corrected chi connectivity index (χ1v) is 12.3. The predicted octanol–water partition coefficient (Wildman–Crippen LogP) is 6.28. The van der Waals surface area contributed by atoms with Crippen molar-refractivity contribution >= 4 is 17.5 Å². The van der Waals surface area contributed by atoms with Crippen LogP contribution in [-0.4, -0.2) is 21.5 Å². The maximum atomic E-state index is 13.9. The third kappa shape index (κ3) is 4.91. The molecule has 1 heterocycles. The van der Waals surface area contributed by atoms with E-state index in [0.29, 0.717) is 22.0 Å². The maximum absolute atomic E-state index is 13.9. The quantitative estimate of drug-likeness (QED) is 0.363. The highest BCUT2D eigenvalue weighted by atomic mass is 35.5. The number of nitrogens with zero attached hydrogens (tertiary/aromatic N) is 2. The lowest BCUT2D eigenvalue weighted by Crippen LogP contribution is -2.40. The van der Waals surface area contributed by atoms with Crippen molar-refractivity contribution in [3.8, 4) is 28.2 Å². The lowest BCUT2D eigenvalue weighted by Gasteiger charge is -2.25. The molecule has 3 aromatic carbocycles. The van der Waals surface area contributed by atoms with Crippen molar-refractivity contribution in [2.24, 2.45) is 0 Å². The number of benzene rings is 3. The van der Waals surface area contributed by atoms with Gasteiger partial charge in [0.05, 0.1) is 0 Å². The Balaban J connectivity index is 1.78. The van der Waals surface area contributed by atoms with Crippen LogP contribution in [0.3, 0.4) is 0 Å². The number of halogens is 1. The molecule has 1 saturated carbocycles. The van der Waals surface area contributed by atoms with Crippen molar-refractivity contribution in [1.29, 1.82) is 0 Å². The molecule has 0 atom stereocenters. The zero-order valence-corrected chi connectivity index (χ0v) is 20.0. The SMILES string of the molecule is O=C(NC1CCCCC1)c1c(-c2ccccc2)nc(-c2ccccc2)c(=O)n1-c1ccc(Cl)cc1. The fraction of sp³-hybridized carbons (Fsp3) is 0.207. The molecule has 35 heavy (non-hydrogen) atoms. The van der Waals surface area contributed by atoms with Gasteiger partial charge in [0, 0.05) is 27.9 Å². The normalized spacial score (nSPS) is 14.0. The fourth-order valence-corrected chi connectivity index (χ4v) is 4.78. The maximum Gasteiger partial charge on any atom is 0.282 e. The first-order chi connectivity index (χ1) is 17.1. The summed E-state index contributed by atoms with van der Waals surface area (Å²) in [5, 5.41) is 3.74. The van der Waals surface area contributed by atoms with Crippen LogP contribution in [0.1, 0.15) is 42.6 Å². The van der Waals surface area contributed by atoms with E-state index in [1.165, 1.54) is 11.0 Å². The third-order valence-corrected chi connectivity index (χ3v) is 6.66. The number of hydrogen-bond acceptors (Lipinski definition) is 3.